The minimum absolute atomic E-state index is 0.378. The lowest BCUT2D eigenvalue weighted by molar-refractivity contribution is -0.123. The van der Waals surface area contributed by atoms with E-state index >= 15 is 0 Å². The highest BCUT2D eigenvalue weighted by Gasteiger charge is 2.24. The van der Waals surface area contributed by atoms with E-state index in [1.807, 2.05) is 63.2 Å². The summed E-state index contributed by atoms with van der Waals surface area (Å²) in [6.45, 7) is 9.71. The van der Waals surface area contributed by atoms with Crippen molar-refractivity contribution < 1.29 is 14.3 Å². The highest BCUT2D eigenvalue weighted by atomic mass is 16.5. The Morgan fingerprint density at radius 1 is 1.03 bits per heavy atom. The molecule has 0 saturated carbocycles. The van der Waals surface area contributed by atoms with E-state index in [9.17, 15) is 9.59 Å². The van der Waals surface area contributed by atoms with Gasteiger partial charge in [-0.1, -0.05) is 42.0 Å². The maximum Gasteiger partial charge on any atom is 0.342 e. The van der Waals surface area contributed by atoms with Crippen molar-refractivity contribution in [3.8, 4) is 0 Å². The average molecular weight is 405 g/mol. The first-order chi connectivity index (χ1) is 14.2. The highest BCUT2D eigenvalue weighted by molar-refractivity contribution is 5.98. The molecule has 1 heterocycles. The first kappa shape index (κ1) is 21.3. The number of nitrogens with zero attached hydrogens (tertiary/aromatic N) is 2. The number of esters is 1. The van der Waals surface area contributed by atoms with Crippen molar-refractivity contribution in [3.63, 3.8) is 0 Å². The van der Waals surface area contributed by atoms with Gasteiger partial charge in [0, 0.05) is 5.69 Å². The predicted molar refractivity (Wildman–Crippen MR) is 117 cm³/mol. The number of aryl methyl sites for hydroxylation is 3. The summed E-state index contributed by atoms with van der Waals surface area (Å²) in [5.41, 5.74) is 5.68. The molecule has 0 saturated heterocycles. The smallest absolute Gasteiger partial charge is 0.342 e. The summed E-state index contributed by atoms with van der Waals surface area (Å²) in [5.74, 6) is -0.927. The number of carbonyl (C=O) groups excluding carboxylic acids is 2. The second kappa shape index (κ2) is 8.95. The number of hydrogen-bond donors (Lipinski definition) is 1. The summed E-state index contributed by atoms with van der Waals surface area (Å²) in [6.07, 6.45) is -0.933. The molecule has 30 heavy (non-hydrogen) atoms. The maximum absolute atomic E-state index is 12.8. The van der Waals surface area contributed by atoms with Crippen LogP contribution in [0.2, 0.25) is 0 Å². The van der Waals surface area contributed by atoms with Crippen LogP contribution in [-0.4, -0.2) is 27.8 Å². The number of anilines is 1. The van der Waals surface area contributed by atoms with Crippen LogP contribution >= 0.6 is 0 Å². The van der Waals surface area contributed by atoms with Gasteiger partial charge < -0.3 is 10.1 Å². The van der Waals surface area contributed by atoms with E-state index in [0.717, 1.165) is 11.1 Å². The van der Waals surface area contributed by atoms with Gasteiger partial charge in [0.15, 0.2) is 6.10 Å². The first-order valence-corrected chi connectivity index (χ1v) is 9.92. The monoisotopic (exact) mass is 405 g/mol. The van der Waals surface area contributed by atoms with Gasteiger partial charge in [0.1, 0.15) is 5.56 Å². The molecule has 0 aliphatic heterocycles. The highest BCUT2D eigenvalue weighted by Crippen LogP contribution is 2.18. The summed E-state index contributed by atoms with van der Waals surface area (Å²) in [5, 5.41) is 7.27. The van der Waals surface area contributed by atoms with Crippen molar-refractivity contribution in [1.82, 2.24) is 9.78 Å². The first-order valence-electron chi connectivity index (χ1n) is 9.92. The Hall–Kier alpha value is -3.41. The quantitative estimate of drug-likeness (QED) is 0.619. The molecule has 1 atom stereocenters. The van der Waals surface area contributed by atoms with E-state index < -0.39 is 12.1 Å². The van der Waals surface area contributed by atoms with Gasteiger partial charge in [-0.05, 0) is 57.9 Å². The topological polar surface area (TPSA) is 73.2 Å². The zero-order valence-corrected chi connectivity index (χ0v) is 18.0. The van der Waals surface area contributed by atoms with Gasteiger partial charge in [-0.3, -0.25) is 9.48 Å². The van der Waals surface area contributed by atoms with Crippen molar-refractivity contribution in [3.05, 3.63) is 82.2 Å². The Morgan fingerprint density at radius 3 is 2.40 bits per heavy atom. The van der Waals surface area contributed by atoms with Crippen LogP contribution in [0.5, 0.6) is 0 Å². The largest absolute Gasteiger partial charge is 0.449 e. The van der Waals surface area contributed by atoms with Gasteiger partial charge in [0.05, 0.1) is 17.9 Å². The SMILES string of the molecule is Cc1ccc(Cn2nc(C)c(C(=O)O[C@H](C)C(=O)Nc3cccc(C)c3)c2C)cc1. The van der Waals surface area contributed by atoms with Crippen LogP contribution in [0.15, 0.2) is 48.5 Å². The summed E-state index contributed by atoms with van der Waals surface area (Å²) < 4.78 is 7.22. The van der Waals surface area contributed by atoms with E-state index in [0.29, 0.717) is 29.2 Å². The predicted octanol–water partition coefficient (Wildman–Crippen LogP) is 4.35. The normalized spacial score (nSPS) is 11.8. The zero-order chi connectivity index (χ0) is 21.8. The molecule has 0 radical (unpaired) electrons. The molecule has 0 spiro atoms. The third-order valence-electron chi connectivity index (χ3n) is 4.98. The van der Waals surface area contributed by atoms with Gasteiger partial charge in [-0.2, -0.15) is 5.10 Å². The van der Waals surface area contributed by atoms with E-state index in [2.05, 4.69) is 10.4 Å². The van der Waals surface area contributed by atoms with Crippen LogP contribution in [0.1, 0.15) is 45.4 Å². The second-order valence-electron chi connectivity index (χ2n) is 7.60. The zero-order valence-electron chi connectivity index (χ0n) is 18.0. The number of ether oxygens (including phenoxy) is 1. The van der Waals surface area contributed by atoms with Gasteiger partial charge in [-0.25, -0.2) is 4.79 Å². The van der Waals surface area contributed by atoms with E-state index in [-0.39, 0.29) is 5.91 Å². The molecule has 1 aromatic heterocycles. The Kier molecular flexibility index (Phi) is 6.35. The standard InChI is InChI=1S/C24H27N3O3/c1-15-9-11-20(12-10-15)14-27-18(4)22(17(3)26-27)24(29)30-19(5)23(28)25-21-8-6-7-16(2)13-21/h6-13,19H,14H2,1-5H3,(H,25,28)/t19-/m1/s1. The van der Waals surface area contributed by atoms with E-state index in [1.54, 1.807) is 24.6 Å². The van der Waals surface area contributed by atoms with Crippen molar-refractivity contribution in [2.24, 2.45) is 0 Å². The minimum Gasteiger partial charge on any atom is -0.449 e. The summed E-state index contributed by atoms with van der Waals surface area (Å²) in [4.78, 5) is 25.2. The Labute approximate surface area is 176 Å². The minimum atomic E-state index is -0.933. The molecule has 0 aliphatic rings. The van der Waals surface area contributed by atoms with Crippen LogP contribution in [-0.2, 0) is 16.1 Å². The average Bonchev–Trinajstić information content (AvgIpc) is 2.96. The Balaban J connectivity index is 1.69. The summed E-state index contributed by atoms with van der Waals surface area (Å²) >= 11 is 0. The molecule has 1 N–H and O–H groups in total. The van der Waals surface area contributed by atoms with Crippen LogP contribution in [0.3, 0.4) is 0 Å². The second-order valence-corrected chi connectivity index (χ2v) is 7.60. The third kappa shape index (κ3) is 4.95. The molecule has 6 nitrogen and oxygen atoms in total. The molecule has 0 aliphatic carbocycles. The van der Waals surface area contributed by atoms with Gasteiger partial charge >= 0.3 is 5.97 Å². The lowest BCUT2D eigenvalue weighted by Crippen LogP contribution is -2.30. The number of hydrogen-bond acceptors (Lipinski definition) is 4. The fraction of sp³-hybridized carbons (Fsp3) is 0.292. The van der Waals surface area contributed by atoms with Crippen molar-refractivity contribution >= 4 is 17.6 Å². The van der Waals surface area contributed by atoms with Crippen LogP contribution < -0.4 is 5.32 Å². The van der Waals surface area contributed by atoms with Crippen LogP contribution in [0.25, 0.3) is 0 Å². The molecule has 0 unspecified atom stereocenters. The fourth-order valence-electron chi connectivity index (χ4n) is 3.25. The summed E-state index contributed by atoms with van der Waals surface area (Å²) in [6, 6.07) is 15.6. The molecular weight excluding hydrogens is 378 g/mol. The van der Waals surface area contributed by atoms with Crippen LogP contribution in [0, 0.1) is 27.7 Å². The lowest BCUT2D eigenvalue weighted by Gasteiger charge is -2.14. The van der Waals surface area contributed by atoms with E-state index in [4.69, 9.17) is 4.74 Å². The molecule has 2 aromatic carbocycles. The molecule has 3 rings (SSSR count). The number of rotatable bonds is 6. The lowest BCUT2D eigenvalue weighted by atomic mass is 10.1. The molecule has 1 amide bonds. The van der Waals surface area contributed by atoms with Gasteiger partial charge in [0.25, 0.3) is 5.91 Å². The van der Waals surface area contributed by atoms with E-state index in [1.165, 1.54) is 5.56 Å². The number of carbonyl (C=O) groups is 2. The number of aromatic nitrogens is 2. The van der Waals surface area contributed by atoms with Crippen molar-refractivity contribution in [2.45, 2.75) is 47.3 Å². The number of nitrogens with one attached hydrogen (secondary N) is 1. The maximum atomic E-state index is 12.8. The molecule has 156 valence electrons. The van der Waals surface area contributed by atoms with Gasteiger partial charge in [0.2, 0.25) is 0 Å². The molecule has 3 aromatic rings. The number of amides is 1. The fourth-order valence-corrected chi connectivity index (χ4v) is 3.25. The number of benzene rings is 2. The van der Waals surface area contributed by atoms with Crippen LogP contribution in [0.4, 0.5) is 5.69 Å². The molecular formula is C24H27N3O3. The van der Waals surface area contributed by atoms with Crippen molar-refractivity contribution in [2.75, 3.05) is 5.32 Å². The summed E-state index contributed by atoms with van der Waals surface area (Å²) in [7, 11) is 0. The third-order valence-corrected chi connectivity index (χ3v) is 4.98. The Bertz CT molecular complexity index is 1070. The van der Waals surface area contributed by atoms with Crippen molar-refractivity contribution in [1.29, 1.82) is 0 Å². The van der Waals surface area contributed by atoms with Gasteiger partial charge in [-0.15, -0.1) is 0 Å². The Morgan fingerprint density at radius 2 is 1.73 bits per heavy atom. The molecule has 6 heteroatoms. The molecule has 0 fully saturated rings. The molecule has 0 bridgehead atoms.